The first-order valence-electron chi connectivity index (χ1n) is 11.8. The highest BCUT2D eigenvalue weighted by atomic mass is 16.2. The maximum atomic E-state index is 13.5. The van der Waals surface area contributed by atoms with Crippen LogP contribution >= 0.6 is 0 Å². The summed E-state index contributed by atoms with van der Waals surface area (Å²) in [6.45, 7) is 4.79. The Balaban J connectivity index is 1.37. The number of nitrogens with one attached hydrogen (secondary N) is 1. The Hall–Kier alpha value is -3.42. The van der Waals surface area contributed by atoms with Gasteiger partial charge in [0.15, 0.2) is 11.5 Å². The average molecular weight is 447 g/mol. The Labute approximate surface area is 193 Å². The molecule has 2 amide bonds. The third-order valence-corrected chi connectivity index (χ3v) is 6.70. The van der Waals surface area contributed by atoms with Crippen LogP contribution in [0.4, 0.5) is 10.6 Å². The van der Waals surface area contributed by atoms with Gasteiger partial charge >= 0.3 is 6.03 Å². The van der Waals surface area contributed by atoms with Crippen molar-refractivity contribution in [3.63, 3.8) is 0 Å². The molecule has 0 spiro atoms. The highest BCUT2D eigenvalue weighted by molar-refractivity contribution is 5.75. The van der Waals surface area contributed by atoms with Gasteiger partial charge in [0.25, 0.3) is 5.56 Å². The molecule has 172 valence electrons. The number of fused-ring (bicyclic) bond motifs is 1. The molecule has 0 bridgehead atoms. The van der Waals surface area contributed by atoms with Gasteiger partial charge in [-0.05, 0) is 37.5 Å². The fraction of sp³-hybridized carbons (Fsp3) is 0.440. The summed E-state index contributed by atoms with van der Waals surface area (Å²) in [4.78, 5) is 39.1. The Morgan fingerprint density at radius 2 is 1.79 bits per heavy atom. The van der Waals surface area contributed by atoms with Gasteiger partial charge in [-0.15, -0.1) is 0 Å². The maximum Gasteiger partial charge on any atom is 0.317 e. The van der Waals surface area contributed by atoms with Crippen LogP contribution in [-0.4, -0.2) is 57.7 Å². The summed E-state index contributed by atoms with van der Waals surface area (Å²) in [6, 6.07) is 12.2. The van der Waals surface area contributed by atoms with Gasteiger partial charge in [-0.2, -0.15) is 0 Å². The molecule has 2 aromatic heterocycles. The van der Waals surface area contributed by atoms with E-state index >= 15 is 0 Å². The molecule has 3 heterocycles. The molecule has 2 fully saturated rings. The molecule has 0 unspecified atom stereocenters. The van der Waals surface area contributed by atoms with Gasteiger partial charge in [0, 0.05) is 38.4 Å². The average Bonchev–Trinajstić information content (AvgIpc) is 3.35. The lowest BCUT2D eigenvalue weighted by Crippen LogP contribution is -2.54. The van der Waals surface area contributed by atoms with Gasteiger partial charge in [-0.3, -0.25) is 9.36 Å². The van der Waals surface area contributed by atoms with Gasteiger partial charge in [-0.1, -0.05) is 42.7 Å². The quantitative estimate of drug-likeness (QED) is 0.666. The van der Waals surface area contributed by atoms with Crippen molar-refractivity contribution in [3.8, 4) is 0 Å². The van der Waals surface area contributed by atoms with Gasteiger partial charge in [-0.25, -0.2) is 14.8 Å². The maximum absolute atomic E-state index is 13.5. The molecule has 33 heavy (non-hydrogen) atoms. The summed E-state index contributed by atoms with van der Waals surface area (Å²) < 4.78 is 1.71. The second-order valence-corrected chi connectivity index (χ2v) is 9.06. The number of rotatable bonds is 4. The molecule has 5 rings (SSSR count). The minimum absolute atomic E-state index is 0.00834. The molecular formula is C25H30N6O2. The number of anilines is 1. The third-order valence-electron chi connectivity index (χ3n) is 6.70. The molecule has 8 heteroatoms. The van der Waals surface area contributed by atoms with Crippen molar-refractivity contribution in [2.45, 2.75) is 45.2 Å². The van der Waals surface area contributed by atoms with E-state index in [1.54, 1.807) is 10.8 Å². The summed E-state index contributed by atoms with van der Waals surface area (Å²) in [5, 5.41) is 3.16. The van der Waals surface area contributed by atoms with E-state index in [1.165, 1.54) is 18.4 Å². The number of pyridine rings is 1. The first-order valence-corrected chi connectivity index (χ1v) is 11.8. The van der Waals surface area contributed by atoms with Gasteiger partial charge in [0.2, 0.25) is 0 Å². The number of hydrogen-bond acceptors (Lipinski definition) is 5. The van der Waals surface area contributed by atoms with E-state index in [4.69, 9.17) is 0 Å². The number of amides is 2. The zero-order valence-corrected chi connectivity index (χ0v) is 19.0. The second-order valence-electron chi connectivity index (χ2n) is 9.06. The van der Waals surface area contributed by atoms with Crippen LogP contribution in [0.1, 0.15) is 36.8 Å². The van der Waals surface area contributed by atoms with E-state index in [1.807, 2.05) is 53.1 Å². The lowest BCUT2D eigenvalue weighted by Gasteiger charge is -2.35. The van der Waals surface area contributed by atoms with E-state index in [2.05, 4.69) is 15.3 Å². The predicted octanol–water partition coefficient (Wildman–Crippen LogP) is 2.92. The number of nitrogens with zero attached hydrogens (tertiary/aromatic N) is 5. The van der Waals surface area contributed by atoms with E-state index in [-0.39, 0.29) is 11.6 Å². The smallest absolute Gasteiger partial charge is 0.317 e. The molecule has 3 aromatic rings. The Kier molecular flexibility index (Phi) is 5.98. The zero-order chi connectivity index (χ0) is 22.8. The summed E-state index contributed by atoms with van der Waals surface area (Å²) in [5.41, 5.74) is 3.35. The lowest BCUT2D eigenvalue weighted by molar-refractivity contribution is 0.190. The topological polar surface area (TPSA) is 83.4 Å². The molecule has 0 radical (unpaired) electrons. The molecular weight excluding hydrogens is 416 g/mol. The third kappa shape index (κ3) is 4.55. The van der Waals surface area contributed by atoms with Crippen molar-refractivity contribution in [1.29, 1.82) is 0 Å². The van der Waals surface area contributed by atoms with E-state index in [0.717, 1.165) is 18.4 Å². The number of aryl methyl sites for hydroxylation is 1. The van der Waals surface area contributed by atoms with Crippen molar-refractivity contribution in [1.82, 2.24) is 24.8 Å². The number of aromatic nitrogens is 3. The number of piperazine rings is 1. The highest BCUT2D eigenvalue weighted by Crippen LogP contribution is 2.19. The minimum atomic E-state index is -0.148. The molecule has 1 aromatic carbocycles. The van der Waals surface area contributed by atoms with Crippen LogP contribution < -0.4 is 15.8 Å². The van der Waals surface area contributed by atoms with Crippen molar-refractivity contribution in [3.05, 3.63) is 64.1 Å². The molecule has 1 aliphatic heterocycles. The van der Waals surface area contributed by atoms with Crippen molar-refractivity contribution < 1.29 is 4.79 Å². The summed E-state index contributed by atoms with van der Waals surface area (Å²) in [6.07, 6.45) is 6.21. The van der Waals surface area contributed by atoms with Crippen LogP contribution in [0.5, 0.6) is 0 Å². The number of carbonyl (C=O) groups is 1. The van der Waals surface area contributed by atoms with Crippen LogP contribution in [0, 0.1) is 6.92 Å². The van der Waals surface area contributed by atoms with Crippen LogP contribution in [0.25, 0.3) is 11.2 Å². The van der Waals surface area contributed by atoms with Crippen LogP contribution in [0.15, 0.2) is 47.4 Å². The second kappa shape index (κ2) is 9.21. The molecule has 2 aliphatic rings. The molecule has 8 nitrogen and oxygen atoms in total. The molecule has 1 saturated heterocycles. The summed E-state index contributed by atoms with van der Waals surface area (Å²) in [7, 11) is 0. The Bertz CT molecular complexity index is 1190. The van der Waals surface area contributed by atoms with Crippen LogP contribution in [0.2, 0.25) is 0 Å². The number of urea groups is 1. The standard InChI is InChI=1S/C25H30N6O2/c1-18-8-10-19(11-9-18)17-31-22-21(7-4-12-26-22)28-23(24(31)32)29-13-15-30(16-14-29)25(33)27-20-5-2-3-6-20/h4,7-12,20H,2-3,5-6,13-17H2,1H3,(H,27,33). The fourth-order valence-electron chi connectivity index (χ4n) is 4.75. The highest BCUT2D eigenvalue weighted by Gasteiger charge is 2.27. The largest absolute Gasteiger partial charge is 0.348 e. The summed E-state index contributed by atoms with van der Waals surface area (Å²) in [5.74, 6) is 0.429. The molecule has 0 atom stereocenters. The Morgan fingerprint density at radius 3 is 2.52 bits per heavy atom. The van der Waals surface area contributed by atoms with Gasteiger partial charge in [0.1, 0.15) is 5.52 Å². The van der Waals surface area contributed by atoms with Crippen molar-refractivity contribution >= 4 is 23.0 Å². The van der Waals surface area contributed by atoms with Crippen molar-refractivity contribution in [2.75, 3.05) is 31.1 Å². The van der Waals surface area contributed by atoms with E-state index in [0.29, 0.717) is 55.7 Å². The SMILES string of the molecule is Cc1ccc(Cn2c(=O)c(N3CCN(C(=O)NC4CCCC4)CC3)nc3cccnc32)cc1. The predicted molar refractivity (Wildman–Crippen MR) is 129 cm³/mol. The zero-order valence-electron chi connectivity index (χ0n) is 19.0. The summed E-state index contributed by atoms with van der Waals surface area (Å²) >= 11 is 0. The number of hydrogen-bond donors (Lipinski definition) is 1. The Morgan fingerprint density at radius 1 is 1.06 bits per heavy atom. The normalized spacial score (nSPS) is 17.0. The number of benzene rings is 1. The van der Waals surface area contributed by atoms with Gasteiger partial charge < -0.3 is 15.1 Å². The van der Waals surface area contributed by atoms with E-state index in [9.17, 15) is 9.59 Å². The van der Waals surface area contributed by atoms with Crippen LogP contribution in [-0.2, 0) is 6.54 Å². The monoisotopic (exact) mass is 446 g/mol. The number of carbonyl (C=O) groups excluding carboxylic acids is 1. The van der Waals surface area contributed by atoms with E-state index < -0.39 is 0 Å². The minimum Gasteiger partial charge on any atom is -0.348 e. The van der Waals surface area contributed by atoms with Gasteiger partial charge in [0.05, 0.1) is 6.54 Å². The first-order chi connectivity index (χ1) is 16.1. The molecule has 1 aliphatic carbocycles. The fourth-order valence-corrected chi connectivity index (χ4v) is 4.75. The molecule has 1 N–H and O–H groups in total. The lowest BCUT2D eigenvalue weighted by atomic mass is 10.1. The van der Waals surface area contributed by atoms with Crippen LogP contribution in [0.3, 0.4) is 0 Å². The molecule has 1 saturated carbocycles. The van der Waals surface area contributed by atoms with Crippen molar-refractivity contribution in [2.24, 2.45) is 0 Å². The first kappa shape index (κ1) is 21.4.